The van der Waals surface area contributed by atoms with E-state index in [4.69, 9.17) is 10.8 Å². The fourth-order valence-electron chi connectivity index (χ4n) is 1.38. The van der Waals surface area contributed by atoms with E-state index in [0.717, 1.165) is 23.3 Å². The average Bonchev–Trinajstić information content (AvgIpc) is 2.48. The normalized spacial score (nSPS) is 10.2. The van der Waals surface area contributed by atoms with Crippen LogP contribution in [0.25, 0.3) is 0 Å². The molecular formula is C11H16N2S. The van der Waals surface area contributed by atoms with Crippen LogP contribution in [0.1, 0.15) is 42.0 Å². The molecule has 1 heterocycles. The van der Waals surface area contributed by atoms with Gasteiger partial charge in [-0.15, -0.1) is 11.3 Å². The highest BCUT2D eigenvalue weighted by molar-refractivity contribution is 7.14. The maximum atomic E-state index is 7.89. The molecule has 0 saturated heterocycles. The van der Waals surface area contributed by atoms with E-state index in [0.29, 0.717) is 11.4 Å². The molecule has 0 aliphatic rings. The van der Waals surface area contributed by atoms with Crippen LogP contribution < -0.4 is 0 Å². The molecule has 2 nitrogen and oxygen atoms in total. The SMILES string of the molecule is CCCC(=N)c1sc(C)cc1C(C)=N. The molecule has 0 aliphatic carbocycles. The van der Waals surface area contributed by atoms with Gasteiger partial charge in [-0.25, -0.2) is 0 Å². The zero-order valence-corrected chi connectivity index (χ0v) is 9.72. The monoisotopic (exact) mass is 208 g/mol. The lowest BCUT2D eigenvalue weighted by atomic mass is 10.1. The summed E-state index contributed by atoms with van der Waals surface area (Å²) in [5.41, 5.74) is 2.17. The van der Waals surface area contributed by atoms with Crippen molar-refractivity contribution in [1.82, 2.24) is 0 Å². The van der Waals surface area contributed by atoms with E-state index in [1.54, 1.807) is 18.3 Å². The molecule has 1 aromatic heterocycles. The van der Waals surface area contributed by atoms with Crippen LogP contribution in [0, 0.1) is 17.7 Å². The molecule has 0 atom stereocenters. The van der Waals surface area contributed by atoms with Gasteiger partial charge in [0, 0.05) is 21.9 Å². The first-order valence-electron chi connectivity index (χ1n) is 4.80. The van der Waals surface area contributed by atoms with E-state index in [1.165, 1.54) is 4.88 Å². The molecule has 0 bridgehead atoms. The molecule has 0 unspecified atom stereocenters. The quantitative estimate of drug-likeness (QED) is 0.710. The molecule has 0 radical (unpaired) electrons. The molecule has 0 saturated carbocycles. The van der Waals surface area contributed by atoms with Crippen molar-refractivity contribution in [3.8, 4) is 0 Å². The van der Waals surface area contributed by atoms with Crippen molar-refractivity contribution in [2.45, 2.75) is 33.6 Å². The van der Waals surface area contributed by atoms with Gasteiger partial charge in [-0.1, -0.05) is 13.3 Å². The Labute approximate surface area is 89.0 Å². The van der Waals surface area contributed by atoms with Gasteiger partial charge in [0.05, 0.1) is 4.88 Å². The number of nitrogens with one attached hydrogen (secondary N) is 2. The van der Waals surface area contributed by atoms with Crippen molar-refractivity contribution in [1.29, 1.82) is 10.8 Å². The summed E-state index contributed by atoms with van der Waals surface area (Å²) in [7, 11) is 0. The summed E-state index contributed by atoms with van der Waals surface area (Å²) >= 11 is 1.63. The van der Waals surface area contributed by atoms with Gasteiger partial charge in [-0.2, -0.15) is 0 Å². The first-order chi connectivity index (χ1) is 6.56. The molecule has 76 valence electrons. The van der Waals surface area contributed by atoms with Crippen LogP contribution in [0.3, 0.4) is 0 Å². The molecular weight excluding hydrogens is 192 g/mol. The number of hydrogen-bond acceptors (Lipinski definition) is 3. The topological polar surface area (TPSA) is 47.7 Å². The van der Waals surface area contributed by atoms with Crippen molar-refractivity contribution in [3.05, 3.63) is 21.4 Å². The Kier molecular flexibility index (Phi) is 3.58. The first-order valence-corrected chi connectivity index (χ1v) is 5.61. The second-order valence-electron chi connectivity index (χ2n) is 3.45. The summed E-state index contributed by atoms with van der Waals surface area (Å²) in [6.07, 6.45) is 1.80. The summed E-state index contributed by atoms with van der Waals surface area (Å²) < 4.78 is 0. The summed E-state index contributed by atoms with van der Waals surface area (Å²) in [5, 5.41) is 15.5. The average molecular weight is 208 g/mol. The van der Waals surface area contributed by atoms with Crippen LogP contribution >= 0.6 is 11.3 Å². The minimum atomic E-state index is 0.560. The second kappa shape index (κ2) is 4.51. The third-order valence-corrected chi connectivity index (χ3v) is 3.14. The maximum Gasteiger partial charge on any atom is 0.0571 e. The van der Waals surface area contributed by atoms with Gasteiger partial charge in [0.25, 0.3) is 0 Å². The lowest BCUT2D eigenvalue weighted by molar-refractivity contribution is 0.988. The Morgan fingerprint density at radius 3 is 2.57 bits per heavy atom. The second-order valence-corrected chi connectivity index (χ2v) is 4.71. The van der Waals surface area contributed by atoms with Gasteiger partial charge in [-0.3, -0.25) is 0 Å². The van der Waals surface area contributed by atoms with Crippen LogP contribution in [0.15, 0.2) is 6.07 Å². The van der Waals surface area contributed by atoms with E-state index in [-0.39, 0.29) is 0 Å². The minimum absolute atomic E-state index is 0.560. The standard InChI is InChI=1S/C11H16N2S/c1-4-5-10(13)11-9(8(3)12)6-7(2)14-11/h6,12-13H,4-5H2,1-3H3. The predicted molar refractivity (Wildman–Crippen MR) is 63.3 cm³/mol. The number of rotatable bonds is 4. The molecule has 3 heteroatoms. The fraction of sp³-hybridized carbons (Fsp3) is 0.455. The lowest BCUT2D eigenvalue weighted by Gasteiger charge is -2.02. The molecule has 0 spiro atoms. The number of aryl methyl sites for hydroxylation is 1. The summed E-state index contributed by atoms with van der Waals surface area (Å²) in [6, 6.07) is 2.01. The highest BCUT2D eigenvalue weighted by Gasteiger charge is 2.12. The summed E-state index contributed by atoms with van der Waals surface area (Å²) in [6.45, 7) is 5.88. The largest absolute Gasteiger partial charge is 0.305 e. The molecule has 1 rings (SSSR count). The van der Waals surface area contributed by atoms with Crippen LogP contribution in [-0.4, -0.2) is 11.4 Å². The Balaban J connectivity index is 3.06. The summed E-state index contributed by atoms with van der Waals surface area (Å²) in [5.74, 6) is 0. The molecule has 0 fully saturated rings. The van der Waals surface area contributed by atoms with Crippen molar-refractivity contribution < 1.29 is 0 Å². The molecule has 0 amide bonds. The molecule has 0 aliphatic heterocycles. The van der Waals surface area contributed by atoms with Crippen LogP contribution in [0.5, 0.6) is 0 Å². The Morgan fingerprint density at radius 1 is 1.43 bits per heavy atom. The Hall–Kier alpha value is -0.960. The van der Waals surface area contributed by atoms with Crippen molar-refractivity contribution in [2.24, 2.45) is 0 Å². The summed E-state index contributed by atoms with van der Waals surface area (Å²) in [4.78, 5) is 2.17. The van der Waals surface area contributed by atoms with Gasteiger partial charge in [0.15, 0.2) is 0 Å². The highest BCUT2D eigenvalue weighted by Crippen LogP contribution is 2.24. The Bertz CT molecular complexity index is 363. The van der Waals surface area contributed by atoms with Gasteiger partial charge in [0.2, 0.25) is 0 Å². The van der Waals surface area contributed by atoms with E-state index in [2.05, 4.69) is 6.92 Å². The first kappa shape index (κ1) is 11.1. The van der Waals surface area contributed by atoms with Gasteiger partial charge in [-0.05, 0) is 26.3 Å². The van der Waals surface area contributed by atoms with Crippen molar-refractivity contribution in [2.75, 3.05) is 0 Å². The zero-order chi connectivity index (χ0) is 10.7. The van der Waals surface area contributed by atoms with Crippen molar-refractivity contribution >= 4 is 22.8 Å². The third kappa shape index (κ3) is 2.29. The van der Waals surface area contributed by atoms with Gasteiger partial charge < -0.3 is 10.8 Å². The zero-order valence-electron chi connectivity index (χ0n) is 8.90. The molecule has 14 heavy (non-hydrogen) atoms. The smallest absolute Gasteiger partial charge is 0.0571 e. The van der Waals surface area contributed by atoms with E-state index in [1.807, 2.05) is 13.0 Å². The maximum absolute atomic E-state index is 7.89. The third-order valence-electron chi connectivity index (χ3n) is 2.03. The van der Waals surface area contributed by atoms with E-state index >= 15 is 0 Å². The highest BCUT2D eigenvalue weighted by atomic mass is 32.1. The van der Waals surface area contributed by atoms with Gasteiger partial charge in [0.1, 0.15) is 0 Å². The van der Waals surface area contributed by atoms with E-state index in [9.17, 15) is 0 Å². The van der Waals surface area contributed by atoms with Crippen LogP contribution in [0.4, 0.5) is 0 Å². The van der Waals surface area contributed by atoms with Crippen LogP contribution in [-0.2, 0) is 0 Å². The van der Waals surface area contributed by atoms with Gasteiger partial charge >= 0.3 is 0 Å². The molecule has 1 aromatic rings. The predicted octanol–water partition coefficient (Wildman–Crippen LogP) is 3.61. The molecule has 0 aromatic carbocycles. The van der Waals surface area contributed by atoms with Crippen molar-refractivity contribution in [3.63, 3.8) is 0 Å². The lowest BCUT2D eigenvalue weighted by Crippen LogP contribution is -2.02. The molecule has 2 N–H and O–H groups in total. The minimum Gasteiger partial charge on any atom is -0.305 e. The fourth-order valence-corrected chi connectivity index (χ4v) is 2.43. The van der Waals surface area contributed by atoms with Crippen LogP contribution in [0.2, 0.25) is 0 Å². The number of hydrogen-bond donors (Lipinski definition) is 2. The number of thiophene rings is 1. The van der Waals surface area contributed by atoms with E-state index < -0.39 is 0 Å². The Morgan fingerprint density at radius 2 is 2.07 bits per heavy atom.